The molecule has 2 heterocycles. The van der Waals surface area contributed by atoms with Gasteiger partial charge in [0.1, 0.15) is 5.02 Å². The highest BCUT2D eigenvalue weighted by Crippen LogP contribution is 2.42. The van der Waals surface area contributed by atoms with Gasteiger partial charge in [-0.15, -0.1) is 0 Å². The maximum absolute atomic E-state index is 11.3. The molecule has 0 aliphatic rings. The third kappa shape index (κ3) is 13.1. The van der Waals surface area contributed by atoms with E-state index in [2.05, 4.69) is 19.9 Å². The number of nitrogens with zero attached hydrogens (tertiary/aromatic N) is 5. The second-order valence-corrected chi connectivity index (χ2v) is 15.8. The number of aromatic nitrogens is 4. The SMILES string of the molecule is Cc1c([N+](=O)[O-])c([N+](=O)[O-])c(Cl)c2[nH]c(=O)c(=O)[nH]c12.Cc1ccc(Cl)c(N)c1N.Cc1ccc(Cl)c([N+](=O)[O-])c1[N+](=O)[O-].Cc1ccc(Cl)c2[nH]c(=O)c(=O)[nH]c12.Cc1ccc(Cl)cc1[N+](=O)[O-]. The van der Waals surface area contributed by atoms with Gasteiger partial charge in [-0.25, -0.2) is 0 Å². The number of nitrogens with two attached hydrogens (primary N) is 2. The van der Waals surface area contributed by atoms with Crippen LogP contribution in [0, 0.1) is 85.2 Å². The lowest BCUT2D eigenvalue weighted by atomic mass is 10.1. The Hall–Kier alpha value is -7.97. The predicted molar refractivity (Wildman–Crippen MR) is 261 cm³/mol. The van der Waals surface area contributed by atoms with Crippen LogP contribution >= 0.6 is 58.0 Å². The topological polar surface area (TPSA) is 399 Å². The molecule has 0 saturated carbocycles. The number of fused-ring (bicyclic) bond motifs is 2. The highest BCUT2D eigenvalue weighted by atomic mass is 35.5. The summed E-state index contributed by atoms with van der Waals surface area (Å²) in [5, 5.41) is 53.8. The molecule has 0 aliphatic heterocycles. The third-order valence-corrected chi connectivity index (χ3v) is 10.8. The van der Waals surface area contributed by atoms with E-state index < -0.39 is 74.6 Å². The van der Waals surface area contributed by atoms with E-state index in [0.717, 1.165) is 11.1 Å². The summed E-state index contributed by atoms with van der Waals surface area (Å²) in [5.41, 5.74) is 8.93. The van der Waals surface area contributed by atoms with E-state index in [-0.39, 0.29) is 32.9 Å². The molecule has 0 spiro atoms. The summed E-state index contributed by atoms with van der Waals surface area (Å²) >= 11 is 28.3. The molecule has 0 radical (unpaired) electrons. The van der Waals surface area contributed by atoms with E-state index in [1.165, 1.54) is 32.0 Å². The summed E-state index contributed by atoms with van der Waals surface area (Å²) in [6.45, 7) is 8.02. The summed E-state index contributed by atoms with van der Waals surface area (Å²) in [4.78, 5) is 103. The second-order valence-electron chi connectivity index (χ2n) is 13.8. The normalized spacial score (nSPS) is 10.2. The fourth-order valence-corrected chi connectivity index (χ4v) is 6.74. The fraction of sp³-hybridized carbons (Fsp3) is 0.128. The Kier molecular flexibility index (Phi) is 18.6. The molecular weight excluding hydrogens is 1020 g/mol. The first-order chi connectivity index (χ1) is 32.0. The number of nitrogens with one attached hydrogen (secondary N) is 4. The quantitative estimate of drug-likeness (QED) is 0.0405. The van der Waals surface area contributed by atoms with Gasteiger partial charge in [0.2, 0.25) is 0 Å². The molecule has 0 fully saturated rings. The van der Waals surface area contributed by atoms with Crippen LogP contribution in [-0.4, -0.2) is 44.6 Å². The van der Waals surface area contributed by atoms with Crippen molar-refractivity contribution in [3.63, 3.8) is 0 Å². The van der Waals surface area contributed by atoms with Gasteiger partial charge >= 0.3 is 45.0 Å². The Bertz CT molecular complexity index is 3290. The minimum Gasteiger partial charge on any atom is -0.397 e. The van der Waals surface area contributed by atoms with Crippen molar-refractivity contribution >= 4 is 120 Å². The standard InChI is InChI=1S/C9H5ClN4O6.C9H7ClN2O2.C7H5ClN2O4.C7H9ClN2.C7H6ClNO2/c1-2-4-5(12-9(16)8(15)11-4)3(10)7(14(19)20)6(2)13(17)18;1-4-2-3-5(10)7-6(4)11-8(13)9(14)12-7;1-4-2-3-5(8)7(10(13)14)6(4)9(11)12;1-4-2-3-5(8)7(10)6(4)9;1-5-2-3-6(8)4-7(5)9(10)11/h1H3,(H,11,15)(H,12,16);2-3H,1H3,(H,11,13)(H,12,14);2-3H,1H3;2-3H,9-10H2,1H3;2-4H,1H3. The number of nitrogen functional groups attached to an aromatic ring is 2. The summed E-state index contributed by atoms with van der Waals surface area (Å²) < 4.78 is 0. The van der Waals surface area contributed by atoms with Crippen LogP contribution in [0.25, 0.3) is 22.1 Å². The van der Waals surface area contributed by atoms with Crippen LogP contribution in [0.4, 0.5) is 39.8 Å². The maximum atomic E-state index is 11.3. The smallest absolute Gasteiger partial charge is 0.367 e. The molecule has 0 unspecified atom stereocenters. The van der Waals surface area contributed by atoms with Crippen molar-refractivity contribution in [1.82, 2.24) is 19.9 Å². The van der Waals surface area contributed by atoms with Crippen molar-refractivity contribution in [2.75, 3.05) is 11.5 Å². The summed E-state index contributed by atoms with van der Waals surface area (Å²) in [5.74, 6) is 0. The molecule has 25 nitrogen and oxygen atoms in total. The van der Waals surface area contributed by atoms with Crippen LogP contribution in [0.5, 0.6) is 0 Å². The molecule has 0 amide bonds. The average Bonchev–Trinajstić information content (AvgIpc) is 3.27. The van der Waals surface area contributed by atoms with Gasteiger partial charge in [-0.2, -0.15) is 0 Å². The molecule has 7 aromatic rings. The van der Waals surface area contributed by atoms with E-state index in [9.17, 15) is 69.7 Å². The highest BCUT2D eigenvalue weighted by Gasteiger charge is 2.34. The van der Waals surface area contributed by atoms with Crippen molar-refractivity contribution in [2.45, 2.75) is 34.6 Å². The number of H-pyrrole nitrogens is 4. The molecule has 8 N–H and O–H groups in total. The lowest BCUT2D eigenvalue weighted by molar-refractivity contribution is -0.422. The van der Waals surface area contributed by atoms with Gasteiger partial charge in [-0.05, 0) is 70.0 Å². The van der Waals surface area contributed by atoms with Gasteiger partial charge in [0.25, 0.3) is 5.69 Å². The summed E-state index contributed by atoms with van der Waals surface area (Å²) in [6.07, 6.45) is 0. The molecular formula is C39H32Cl5N11O14. The number of halogens is 5. The fourth-order valence-electron chi connectivity index (χ4n) is 5.68. The van der Waals surface area contributed by atoms with E-state index in [4.69, 9.17) is 69.5 Å². The first-order valence-electron chi connectivity index (χ1n) is 18.5. The number of nitro benzene ring substituents is 5. The number of rotatable bonds is 5. The molecule has 69 heavy (non-hydrogen) atoms. The van der Waals surface area contributed by atoms with Gasteiger partial charge < -0.3 is 31.4 Å². The zero-order chi connectivity index (χ0) is 52.5. The molecule has 2 aromatic heterocycles. The van der Waals surface area contributed by atoms with E-state index in [0.29, 0.717) is 43.0 Å². The molecule has 0 saturated heterocycles. The van der Waals surface area contributed by atoms with Gasteiger partial charge in [-0.3, -0.25) is 69.7 Å². The van der Waals surface area contributed by atoms with Crippen LogP contribution in [-0.2, 0) is 0 Å². The Morgan fingerprint density at radius 2 is 0.841 bits per heavy atom. The third-order valence-electron chi connectivity index (χ3n) is 9.22. The number of hydrogen-bond donors (Lipinski definition) is 6. The molecule has 0 atom stereocenters. The average molecular weight is 1060 g/mol. The van der Waals surface area contributed by atoms with Crippen molar-refractivity contribution in [3.05, 3.63) is 200 Å². The minimum atomic E-state index is -1.07. The van der Waals surface area contributed by atoms with Gasteiger partial charge in [-0.1, -0.05) is 82.3 Å². The van der Waals surface area contributed by atoms with E-state index in [1.807, 2.05) is 19.9 Å². The second kappa shape index (κ2) is 23.2. The molecule has 30 heteroatoms. The predicted octanol–water partition coefficient (Wildman–Crippen LogP) is 9.01. The Morgan fingerprint density at radius 1 is 0.420 bits per heavy atom. The molecule has 7 rings (SSSR count). The largest absolute Gasteiger partial charge is 0.397 e. The number of aryl methyl sites for hydroxylation is 5. The van der Waals surface area contributed by atoms with Gasteiger partial charge in [0.15, 0.2) is 5.02 Å². The zero-order valence-corrected chi connectivity index (χ0v) is 39.5. The first kappa shape index (κ1) is 55.4. The summed E-state index contributed by atoms with van der Waals surface area (Å²) in [6, 6.07) is 14.3. The van der Waals surface area contributed by atoms with Crippen LogP contribution in [0.15, 0.2) is 73.8 Å². The lowest BCUT2D eigenvalue weighted by Gasteiger charge is -2.06. The first-order valence-corrected chi connectivity index (χ1v) is 20.4. The van der Waals surface area contributed by atoms with Crippen molar-refractivity contribution < 1.29 is 24.6 Å². The Balaban J connectivity index is 0.000000233. The van der Waals surface area contributed by atoms with E-state index in [1.54, 1.807) is 37.3 Å². The number of anilines is 2. The lowest BCUT2D eigenvalue weighted by Crippen LogP contribution is -2.29. The Morgan fingerprint density at radius 3 is 1.30 bits per heavy atom. The monoisotopic (exact) mass is 1050 g/mol. The molecule has 362 valence electrons. The summed E-state index contributed by atoms with van der Waals surface area (Å²) in [7, 11) is 0. The van der Waals surface area contributed by atoms with Crippen molar-refractivity contribution in [2.24, 2.45) is 0 Å². The number of aromatic amines is 4. The van der Waals surface area contributed by atoms with Crippen molar-refractivity contribution in [3.8, 4) is 0 Å². The maximum Gasteiger partial charge on any atom is 0.367 e. The van der Waals surface area contributed by atoms with Crippen LogP contribution in [0.1, 0.15) is 27.8 Å². The van der Waals surface area contributed by atoms with Crippen LogP contribution < -0.4 is 33.7 Å². The zero-order valence-electron chi connectivity index (χ0n) is 35.7. The highest BCUT2D eigenvalue weighted by molar-refractivity contribution is 6.38. The minimum absolute atomic E-state index is 0.0671. The number of nitro groups is 5. The number of hydrogen-bond acceptors (Lipinski definition) is 16. The molecule has 0 aliphatic carbocycles. The molecule has 5 aromatic carbocycles. The van der Waals surface area contributed by atoms with Crippen molar-refractivity contribution in [1.29, 1.82) is 0 Å². The Labute approximate surface area is 408 Å². The van der Waals surface area contributed by atoms with Gasteiger partial charge in [0, 0.05) is 22.2 Å². The van der Waals surface area contributed by atoms with E-state index >= 15 is 0 Å². The molecule has 0 bridgehead atoms. The number of benzene rings is 5. The van der Waals surface area contributed by atoms with Crippen LogP contribution in [0.3, 0.4) is 0 Å². The van der Waals surface area contributed by atoms with Crippen LogP contribution in [0.2, 0.25) is 25.1 Å². The van der Waals surface area contributed by atoms with Gasteiger partial charge in [0.05, 0.1) is 73.7 Å².